The zero-order chi connectivity index (χ0) is 12.2. The molecule has 1 saturated heterocycles. The van der Waals surface area contributed by atoms with Crippen LogP contribution in [0.15, 0.2) is 0 Å². The summed E-state index contributed by atoms with van der Waals surface area (Å²) in [5, 5.41) is -0.385. The Morgan fingerprint density at radius 2 is 1.83 bits per heavy atom. The molecule has 2 unspecified atom stereocenters. The lowest BCUT2D eigenvalue weighted by molar-refractivity contribution is -0.0279. The Hall–Kier alpha value is 0.307. The van der Waals surface area contributed by atoms with E-state index in [0.29, 0.717) is 0 Å². The van der Waals surface area contributed by atoms with Gasteiger partial charge in [0, 0.05) is 27.4 Å². The van der Waals surface area contributed by atoms with Gasteiger partial charge < -0.3 is 25.5 Å². The number of rotatable bonds is 5. The van der Waals surface area contributed by atoms with Crippen molar-refractivity contribution in [2.75, 3.05) is 21.3 Å². The highest BCUT2D eigenvalue weighted by atomic mass is 35.5. The molecule has 0 amide bonds. The van der Waals surface area contributed by atoms with Gasteiger partial charge in [-0.1, -0.05) is 13.3 Å². The van der Waals surface area contributed by atoms with Crippen LogP contribution < -0.4 is 11.9 Å². The van der Waals surface area contributed by atoms with Gasteiger partial charge in [0.05, 0.1) is 0 Å². The first-order valence-electron chi connectivity index (χ1n) is 6.03. The largest absolute Gasteiger partial charge is 0.396 e. The minimum atomic E-state index is -2.34. The molecule has 0 aromatic carbocycles. The molecule has 0 aromatic heterocycles. The van der Waals surface area contributed by atoms with E-state index in [1.165, 1.54) is 0 Å². The highest BCUT2D eigenvalue weighted by Gasteiger charge is 2.62. The highest BCUT2D eigenvalue weighted by molar-refractivity contribution is 6.71. The minimum absolute atomic E-state index is 0. The van der Waals surface area contributed by atoms with E-state index >= 15 is 0 Å². The first-order chi connectivity index (χ1) is 7.62. The zero-order valence-corrected chi connectivity index (χ0v) is 13.8. The summed E-state index contributed by atoms with van der Waals surface area (Å²) in [5.41, 5.74) is 6.29. The van der Waals surface area contributed by atoms with Crippen LogP contribution in [-0.2, 0) is 13.6 Å². The van der Waals surface area contributed by atoms with E-state index in [4.69, 9.17) is 19.3 Å². The molecular weight excluding hydrogens is 272 g/mol. The molecule has 112 valence electrons. The van der Waals surface area contributed by atoms with E-state index in [1.807, 2.05) is 0 Å². The molecule has 1 heterocycles. The maximum absolute atomic E-state index is 6.29. The third-order valence-corrected chi connectivity index (χ3v) is 8.36. The lowest BCUT2D eigenvalue weighted by Crippen LogP contribution is -2.72. The molecule has 5 nitrogen and oxygen atoms in total. The molecule has 18 heavy (non-hydrogen) atoms. The second-order valence-corrected chi connectivity index (χ2v) is 8.17. The smallest absolute Gasteiger partial charge is 0.372 e. The fourth-order valence-electron chi connectivity index (χ4n) is 3.07. The lowest BCUT2D eigenvalue weighted by atomic mass is 10.0. The second kappa shape index (κ2) is 8.47. The molecule has 0 radical (unpaired) electrons. The molecule has 1 rings (SSSR count). The van der Waals surface area contributed by atoms with Gasteiger partial charge in [-0.05, 0) is 25.3 Å². The van der Waals surface area contributed by atoms with E-state index in [0.717, 1.165) is 31.7 Å². The van der Waals surface area contributed by atoms with Gasteiger partial charge in [-0.25, -0.2) is 0 Å². The van der Waals surface area contributed by atoms with Crippen LogP contribution in [0, 0.1) is 0 Å². The Morgan fingerprint density at radius 1 is 1.28 bits per heavy atom. The van der Waals surface area contributed by atoms with Gasteiger partial charge in [0.15, 0.2) is 0 Å². The molecule has 1 aliphatic rings. The lowest BCUT2D eigenvalue weighted by Gasteiger charge is -2.51. The Balaban J connectivity index is 0. The maximum atomic E-state index is 6.29. The average molecular weight is 301 g/mol. The topological polar surface area (TPSA) is 88.7 Å². The molecular formula is C11H29ClN2O3Si. The fourth-order valence-corrected chi connectivity index (χ4v) is 7.08. The van der Waals surface area contributed by atoms with Crippen molar-refractivity contribution in [2.45, 2.75) is 49.9 Å². The van der Waals surface area contributed by atoms with Crippen molar-refractivity contribution in [3.05, 3.63) is 0 Å². The first-order valence-corrected chi connectivity index (χ1v) is 8.06. The van der Waals surface area contributed by atoms with Crippen molar-refractivity contribution >= 4 is 21.0 Å². The SMILES string of the molecule is CCCC1(OC)C(N)CCC[Si]1(OC)OC.Cl.N. The molecule has 1 fully saturated rings. The van der Waals surface area contributed by atoms with Crippen LogP contribution in [0.2, 0.25) is 6.04 Å². The van der Waals surface area contributed by atoms with Crippen molar-refractivity contribution in [1.29, 1.82) is 0 Å². The predicted molar refractivity (Wildman–Crippen MR) is 78.7 cm³/mol. The van der Waals surface area contributed by atoms with E-state index in [1.54, 1.807) is 21.3 Å². The first kappa shape index (κ1) is 20.6. The summed E-state index contributed by atoms with van der Waals surface area (Å²) in [5.74, 6) is 0. The standard InChI is InChI=1S/C11H25NO3Si.ClH.H3N/c1-5-8-11(13-2)10(12)7-6-9-16(11,14-3)15-4;;/h10H,5-9,12H2,1-4H3;1H;1H3. The normalized spacial score (nSPS) is 30.2. The maximum Gasteiger partial charge on any atom is 0.372 e. The molecule has 0 aliphatic carbocycles. The number of ether oxygens (including phenoxy) is 1. The van der Waals surface area contributed by atoms with Crippen LogP contribution in [0.25, 0.3) is 0 Å². The van der Waals surface area contributed by atoms with E-state index in [9.17, 15) is 0 Å². The van der Waals surface area contributed by atoms with Crippen molar-refractivity contribution in [1.82, 2.24) is 6.15 Å². The van der Waals surface area contributed by atoms with Crippen molar-refractivity contribution in [2.24, 2.45) is 5.73 Å². The molecule has 2 atom stereocenters. The van der Waals surface area contributed by atoms with E-state index in [2.05, 4.69) is 6.92 Å². The number of nitrogens with two attached hydrogens (primary N) is 1. The summed E-state index contributed by atoms with van der Waals surface area (Å²) >= 11 is 0. The number of methoxy groups -OCH3 is 1. The minimum Gasteiger partial charge on any atom is -0.396 e. The molecule has 0 spiro atoms. The third-order valence-electron chi connectivity index (χ3n) is 3.91. The van der Waals surface area contributed by atoms with Gasteiger partial charge in [-0.15, -0.1) is 12.4 Å². The van der Waals surface area contributed by atoms with Gasteiger partial charge >= 0.3 is 8.56 Å². The summed E-state index contributed by atoms with van der Waals surface area (Å²) < 4.78 is 17.4. The van der Waals surface area contributed by atoms with Gasteiger partial charge in [0.25, 0.3) is 0 Å². The van der Waals surface area contributed by atoms with Crippen LogP contribution in [-0.4, -0.2) is 41.2 Å². The molecule has 0 aromatic rings. The molecule has 0 saturated carbocycles. The Morgan fingerprint density at radius 3 is 2.22 bits per heavy atom. The number of hydrogen-bond acceptors (Lipinski definition) is 5. The average Bonchev–Trinajstić information content (AvgIpc) is 2.32. The molecule has 5 N–H and O–H groups in total. The predicted octanol–water partition coefficient (Wildman–Crippen LogP) is 2.15. The Labute approximate surface area is 118 Å². The van der Waals surface area contributed by atoms with Crippen molar-refractivity contribution < 1.29 is 13.6 Å². The summed E-state index contributed by atoms with van der Waals surface area (Å²) in [6.07, 6.45) is 4.01. The molecule has 1 aliphatic heterocycles. The molecule has 7 heteroatoms. The highest BCUT2D eigenvalue weighted by Crippen LogP contribution is 2.42. The van der Waals surface area contributed by atoms with E-state index in [-0.39, 0.29) is 29.8 Å². The summed E-state index contributed by atoms with van der Waals surface area (Å²) in [6, 6.07) is 0.999. The Bertz CT molecular complexity index is 232. The van der Waals surface area contributed by atoms with Gasteiger partial charge in [-0.2, -0.15) is 0 Å². The van der Waals surface area contributed by atoms with Gasteiger partial charge in [0.1, 0.15) is 5.22 Å². The van der Waals surface area contributed by atoms with Crippen LogP contribution in [0.3, 0.4) is 0 Å². The summed E-state index contributed by atoms with van der Waals surface area (Å²) in [4.78, 5) is 0. The number of hydrogen-bond donors (Lipinski definition) is 2. The van der Waals surface area contributed by atoms with Crippen LogP contribution in [0.5, 0.6) is 0 Å². The summed E-state index contributed by atoms with van der Waals surface area (Å²) in [6.45, 7) is 2.15. The van der Waals surface area contributed by atoms with Crippen LogP contribution in [0.4, 0.5) is 0 Å². The van der Waals surface area contributed by atoms with Crippen molar-refractivity contribution in [3.8, 4) is 0 Å². The second-order valence-electron chi connectivity index (χ2n) is 4.50. The monoisotopic (exact) mass is 300 g/mol. The van der Waals surface area contributed by atoms with E-state index < -0.39 is 8.56 Å². The quantitative estimate of drug-likeness (QED) is 0.759. The van der Waals surface area contributed by atoms with Crippen LogP contribution in [0.1, 0.15) is 32.6 Å². The van der Waals surface area contributed by atoms with Gasteiger partial charge in [-0.3, -0.25) is 0 Å². The van der Waals surface area contributed by atoms with Crippen LogP contribution >= 0.6 is 12.4 Å². The fraction of sp³-hybridized carbons (Fsp3) is 1.00. The number of halogens is 1. The van der Waals surface area contributed by atoms with Crippen molar-refractivity contribution in [3.63, 3.8) is 0 Å². The molecule has 0 bridgehead atoms. The van der Waals surface area contributed by atoms with Gasteiger partial charge in [0.2, 0.25) is 0 Å². The zero-order valence-electron chi connectivity index (χ0n) is 12.0. The third kappa shape index (κ3) is 3.06. The Kier molecular flexibility index (Phi) is 9.71. The summed E-state index contributed by atoms with van der Waals surface area (Å²) in [7, 11) is 2.86.